The van der Waals surface area contributed by atoms with Gasteiger partial charge in [0.05, 0.1) is 0 Å². The molecule has 100 valence electrons. The summed E-state index contributed by atoms with van der Waals surface area (Å²) in [6.45, 7) is 0.406. The molecule has 2 aromatic carbocycles. The van der Waals surface area contributed by atoms with Crippen molar-refractivity contribution >= 4 is 11.6 Å². The number of nitrogens with one attached hydrogen (secondary N) is 1. The normalized spacial score (nSPS) is 10.7. The fourth-order valence-electron chi connectivity index (χ4n) is 1.69. The smallest absolute Gasteiger partial charge is 0.127 e. The number of benzene rings is 2. The van der Waals surface area contributed by atoms with Crippen LogP contribution in [0.15, 0.2) is 36.4 Å². The van der Waals surface area contributed by atoms with Crippen LogP contribution in [0, 0.1) is 17.5 Å². The molecular formula is C14H11ClF3N. The quantitative estimate of drug-likeness (QED) is 0.894. The molecular weight excluding hydrogens is 275 g/mol. The Kier molecular flexibility index (Phi) is 4.45. The summed E-state index contributed by atoms with van der Waals surface area (Å²) in [7, 11) is 0. The van der Waals surface area contributed by atoms with Crippen molar-refractivity contribution in [2.75, 3.05) is 0 Å². The van der Waals surface area contributed by atoms with Crippen molar-refractivity contribution in [3.8, 4) is 0 Å². The maximum Gasteiger partial charge on any atom is 0.127 e. The standard InChI is InChI=1S/C14H11ClF3N/c15-13-3-1-11(16)5-9(13)7-19-8-10-6-12(17)2-4-14(10)18/h1-6,19H,7-8H2. The monoisotopic (exact) mass is 285 g/mol. The molecule has 0 aromatic heterocycles. The van der Waals surface area contributed by atoms with Gasteiger partial charge in [-0.1, -0.05) is 11.6 Å². The topological polar surface area (TPSA) is 12.0 Å². The van der Waals surface area contributed by atoms with Crippen molar-refractivity contribution in [3.63, 3.8) is 0 Å². The molecule has 1 N–H and O–H groups in total. The predicted molar refractivity (Wildman–Crippen MR) is 68.3 cm³/mol. The van der Waals surface area contributed by atoms with Gasteiger partial charge in [-0.2, -0.15) is 0 Å². The van der Waals surface area contributed by atoms with E-state index in [1.807, 2.05) is 0 Å². The Balaban J connectivity index is 2.00. The Hall–Kier alpha value is -1.52. The fourth-order valence-corrected chi connectivity index (χ4v) is 1.87. The minimum atomic E-state index is -0.498. The average Bonchev–Trinajstić information content (AvgIpc) is 2.38. The zero-order valence-corrected chi connectivity index (χ0v) is 10.6. The van der Waals surface area contributed by atoms with Crippen molar-refractivity contribution in [3.05, 3.63) is 70.0 Å². The van der Waals surface area contributed by atoms with Gasteiger partial charge < -0.3 is 5.32 Å². The Labute approximate surface area is 114 Å². The molecule has 0 atom stereocenters. The van der Waals surface area contributed by atoms with Crippen LogP contribution in [0.4, 0.5) is 13.2 Å². The number of rotatable bonds is 4. The van der Waals surface area contributed by atoms with Gasteiger partial charge >= 0.3 is 0 Å². The van der Waals surface area contributed by atoms with E-state index in [1.165, 1.54) is 18.2 Å². The van der Waals surface area contributed by atoms with E-state index in [0.717, 1.165) is 18.2 Å². The highest BCUT2D eigenvalue weighted by molar-refractivity contribution is 6.31. The Morgan fingerprint density at radius 2 is 1.42 bits per heavy atom. The number of halogens is 4. The highest BCUT2D eigenvalue weighted by Crippen LogP contribution is 2.17. The van der Waals surface area contributed by atoms with Gasteiger partial charge in [-0.15, -0.1) is 0 Å². The maximum absolute atomic E-state index is 13.3. The van der Waals surface area contributed by atoms with Gasteiger partial charge in [0.15, 0.2) is 0 Å². The molecule has 0 fully saturated rings. The number of hydrogen-bond acceptors (Lipinski definition) is 1. The largest absolute Gasteiger partial charge is 0.308 e. The predicted octanol–water partition coefficient (Wildman–Crippen LogP) is 4.05. The van der Waals surface area contributed by atoms with Crippen molar-refractivity contribution in [2.24, 2.45) is 0 Å². The maximum atomic E-state index is 13.3. The number of hydrogen-bond donors (Lipinski definition) is 1. The molecule has 0 aliphatic rings. The van der Waals surface area contributed by atoms with Crippen molar-refractivity contribution in [2.45, 2.75) is 13.1 Å². The Morgan fingerprint density at radius 1 is 0.842 bits per heavy atom. The molecule has 5 heteroatoms. The molecule has 0 saturated heterocycles. The highest BCUT2D eigenvalue weighted by Gasteiger charge is 2.05. The van der Waals surface area contributed by atoms with Crippen LogP contribution in [-0.4, -0.2) is 0 Å². The van der Waals surface area contributed by atoms with Crippen LogP contribution in [-0.2, 0) is 13.1 Å². The highest BCUT2D eigenvalue weighted by atomic mass is 35.5. The summed E-state index contributed by atoms with van der Waals surface area (Å²) in [5, 5.41) is 3.32. The van der Waals surface area contributed by atoms with Crippen LogP contribution in [0.2, 0.25) is 5.02 Å². The fraction of sp³-hybridized carbons (Fsp3) is 0.143. The molecule has 0 radical (unpaired) electrons. The first-order valence-electron chi connectivity index (χ1n) is 5.65. The second kappa shape index (κ2) is 6.08. The second-order valence-electron chi connectivity index (χ2n) is 4.08. The van der Waals surface area contributed by atoms with Gasteiger partial charge in [0.1, 0.15) is 17.5 Å². The minimum Gasteiger partial charge on any atom is -0.308 e. The molecule has 19 heavy (non-hydrogen) atoms. The van der Waals surface area contributed by atoms with E-state index in [0.29, 0.717) is 10.6 Å². The molecule has 0 aliphatic carbocycles. The Bertz CT molecular complexity index is 535. The molecule has 0 aliphatic heterocycles. The summed E-state index contributed by atoms with van der Waals surface area (Å²) in [6, 6.07) is 7.27. The second-order valence-corrected chi connectivity index (χ2v) is 4.48. The van der Waals surface area contributed by atoms with Gasteiger partial charge in [-0.25, -0.2) is 13.2 Å². The van der Waals surface area contributed by atoms with Crippen molar-refractivity contribution in [1.82, 2.24) is 5.32 Å². The summed E-state index contributed by atoms with van der Waals surface area (Å²) in [5.74, 6) is -1.38. The first-order chi connectivity index (χ1) is 9.06. The third kappa shape index (κ3) is 3.72. The first kappa shape index (κ1) is 13.9. The van der Waals surface area contributed by atoms with E-state index in [-0.39, 0.29) is 18.7 Å². The summed E-state index contributed by atoms with van der Waals surface area (Å²) in [4.78, 5) is 0. The lowest BCUT2D eigenvalue weighted by atomic mass is 10.2. The van der Waals surface area contributed by atoms with Crippen molar-refractivity contribution in [1.29, 1.82) is 0 Å². The summed E-state index contributed by atoms with van der Waals surface area (Å²) < 4.78 is 39.3. The molecule has 0 spiro atoms. The molecule has 1 nitrogen and oxygen atoms in total. The summed E-state index contributed by atoms with van der Waals surface area (Å²) in [6.07, 6.45) is 0. The third-order valence-electron chi connectivity index (χ3n) is 2.65. The molecule has 0 unspecified atom stereocenters. The van der Waals surface area contributed by atoms with Gasteiger partial charge in [0.2, 0.25) is 0 Å². The van der Waals surface area contributed by atoms with E-state index < -0.39 is 17.5 Å². The van der Waals surface area contributed by atoms with Crippen LogP contribution in [0.5, 0.6) is 0 Å². The van der Waals surface area contributed by atoms with Crippen LogP contribution in [0.1, 0.15) is 11.1 Å². The minimum absolute atomic E-state index is 0.135. The lowest BCUT2D eigenvalue weighted by molar-refractivity contribution is 0.567. The van der Waals surface area contributed by atoms with Gasteiger partial charge in [-0.05, 0) is 42.0 Å². The first-order valence-corrected chi connectivity index (χ1v) is 6.02. The van der Waals surface area contributed by atoms with Gasteiger partial charge in [-0.3, -0.25) is 0 Å². The van der Waals surface area contributed by atoms with Crippen molar-refractivity contribution < 1.29 is 13.2 Å². The zero-order chi connectivity index (χ0) is 13.8. The van der Waals surface area contributed by atoms with Crippen LogP contribution in [0.25, 0.3) is 0 Å². The summed E-state index contributed by atoms with van der Waals surface area (Å²) in [5.41, 5.74) is 0.783. The lowest BCUT2D eigenvalue weighted by Gasteiger charge is -2.08. The molecule has 0 amide bonds. The third-order valence-corrected chi connectivity index (χ3v) is 3.02. The van der Waals surface area contributed by atoms with Crippen LogP contribution < -0.4 is 5.32 Å². The molecule has 0 heterocycles. The molecule has 2 aromatic rings. The van der Waals surface area contributed by atoms with E-state index in [4.69, 9.17) is 11.6 Å². The van der Waals surface area contributed by atoms with Gasteiger partial charge in [0, 0.05) is 23.7 Å². The van der Waals surface area contributed by atoms with E-state index in [2.05, 4.69) is 5.32 Å². The Morgan fingerprint density at radius 3 is 2.16 bits per heavy atom. The SMILES string of the molecule is Fc1ccc(F)c(CNCc2cc(F)ccc2Cl)c1. The van der Waals surface area contributed by atoms with Crippen LogP contribution in [0.3, 0.4) is 0 Å². The molecule has 2 rings (SSSR count). The lowest BCUT2D eigenvalue weighted by Crippen LogP contribution is -2.14. The van der Waals surface area contributed by atoms with Crippen LogP contribution >= 0.6 is 11.6 Å². The van der Waals surface area contributed by atoms with E-state index in [1.54, 1.807) is 0 Å². The average molecular weight is 286 g/mol. The summed E-state index contributed by atoms with van der Waals surface area (Å²) >= 11 is 5.89. The van der Waals surface area contributed by atoms with E-state index in [9.17, 15) is 13.2 Å². The van der Waals surface area contributed by atoms with E-state index >= 15 is 0 Å². The zero-order valence-electron chi connectivity index (χ0n) is 9.89. The molecule has 0 saturated carbocycles. The molecule has 0 bridgehead atoms. The van der Waals surface area contributed by atoms with Gasteiger partial charge in [0.25, 0.3) is 0 Å².